The number of amides is 1. The second kappa shape index (κ2) is 8.93. The molecule has 1 aliphatic rings. The van der Waals surface area contributed by atoms with Gasteiger partial charge in [0, 0.05) is 22.7 Å². The van der Waals surface area contributed by atoms with Gasteiger partial charge in [0.25, 0.3) is 5.91 Å². The highest BCUT2D eigenvalue weighted by Gasteiger charge is 2.32. The van der Waals surface area contributed by atoms with E-state index in [1.807, 2.05) is 67.6 Å². The van der Waals surface area contributed by atoms with Crippen LogP contribution >= 0.6 is 27.7 Å². The summed E-state index contributed by atoms with van der Waals surface area (Å²) in [5.41, 5.74) is 1.74. The highest BCUT2D eigenvalue weighted by atomic mass is 79.9. The van der Waals surface area contributed by atoms with Crippen LogP contribution in [0.1, 0.15) is 12.7 Å². The Morgan fingerprint density at radius 1 is 1.10 bits per heavy atom. The molecule has 1 aromatic heterocycles. The summed E-state index contributed by atoms with van der Waals surface area (Å²) in [4.78, 5) is 19.7. The number of furan rings is 1. The number of likely N-dealkylation sites (N-methyl/N-ethyl adjacent to an activating group) is 1. The summed E-state index contributed by atoms with van der Waals surface area (Å²) >= 11 is 4.78. The van der Waals surface area contributed by atoms with Gasteiger partial charge < -0.3 is 9.15 Å². The van der Waals surface area contributed by atoms with Crippen molar-refractivity contribution in [3.63, 3.8) is 0 Å². The minimum Gasteiger partial charge on any atom is -0.497 e. The van der Waals surface area contributed by atoms with Crippen LogP contribution in [-0.2, 0) is 4.79 Å². The van der Waals surface area contributed by atoms with Crippen molar-refractivity contribution in [2.75, 3.05) is 13.7 Å². The number of carbonyl (C=O) groups is 1. The van der Waals surface area contributed by atoms with E-state index in [0.717, 1.165) is 27.2 Å². The lowest BCUT2D eigenvalue weighted by molar-refractivity contribution is -0.122. The first-order valence-electron chi connectivity index (χ1n) is 9.37. The number of methoxy groups -OCH3 is 1. The summed E-state index contributed by atoms with van der Waals surface area (Å²) in [6, 6.07) is 19.1. The SMILES string of the molecule is CCN1C(=O)/C(=C/c2ccc(-c3ccc(Br)cc3)o2)SC1=Nc1ccc(OC)cc1. The summed E-state index contributed by atoms with van der Waals surface area (Å²) in [5, 5.41) is 0.651. The standard InChI is InChI=1S/C23H19BrN2O3S/c1-3-26-22(27)21(30-23(26)25-17-8-10-18(28-2)11-9-17)14-19-12-13-20(29-19)15-4-6-16(24)7-5-15/h4-14H,3H2,1-2H3/b21-14-,25-23?. The topological polar surface area (TPSA) is 55.0 Å². The number of thioether (sulfide) groups is 1. The minimum absolute atomic E-state index is 0.0728. The first-order valence-corrected chi connectivity index (χ1v) is 11.0. The largest absolute Gasteiger partial charge is 0.497 e. The number of amidine groups is 1. The zero-order valence-electron chi connectivity index (χ0n) is 16.5. The Kier molecular flexibility index (Phi) is 6.11. The van der Waals surface area contributed by atoms with Gasteiger partial charge in [-0.2, -0.15) is 0 Å². The molecule has 2 heterocycles. The number of halogens is 1. The lowest BCUT2D eigenvalue weighted by atomic mass is 10.2. The molecule has 0 atom stereocenters. The third kappa shape index (κ3) is 4.37. The van der Waals surface area contributed by atoms with Crippen LogP contribution in [0.2, 0.25) is 0 Å². The van der Waals surface area contributed by atoms with E-state index in [1.165, 1.54) is 11.8 Å². The number of rotatable bonds is 5. The molecule has 1 amide bonds. The minimum atomic E-state index is -0.0728. The Labute approximate surface area is 187 Å². The maximum absolute atomic E-state index is 12.8. The van der Waals surface area contributed by atoms with Crippen LogP contribution in [0.4, 0.5) is 5.69 Å². The zero-order valence-corrected chi connectivity index (χ0v) is 18.9. The molecule has 1 aliphatic heterocycles. The van der Waals surface area contributed by atoms with Gasteiger partial charge in [-0.1, -0.05) is 28.1 Å². The van der Waals surface area contributed by atoms with Crippen LogP contribution in [0.5, 0.6) is 5.75 Å². The maximum Gasteiger partial charge on any atom is 0.266 e. The first kappa shape index (κ1) is 20.5. The molecule has 0 radical (unpaired) electrons. The fourth-order valence-corrected chi connectivity index (χ4v) is 4.27. The van der Waals surface area contributed by atoms with E-state index in [1.54, 1.807) is 18.1 Å². The van der Waals surface area contributed by atoms with Crippen molar-refractivity contribution in [1.29, 1.82) is 0 Å². The number of hydrogen-bond acceptors (Lipinski definition) is 5. The fraction of sp³-hybridized carbons (Fsp3) is 0.130. The summed E-state index contributed by atoms with van der Waals surface area (Å²) in [7, 11) is 1.62. The van der Waals surface area contributed by atoms with Gasteiger partial charge in [0.05, 0.1) is 17.7 Å². The summed E-state index contributed by atoms with van der Waals surface area (Å²) in [6.45, 7) is 2.48. The van der Waals surface area contributed by atoms with Crippen LogP contribution in [-0.4, -0.2) is 29.6 Å². The van der Waals surface area contributed by atoms with Crippen LogP contribution in [0, 0.1) is 0 Å². The van der Waals surface area contributed by atoms with Crippen molar-refractivity contribution in [3.8, 4) is 17.1 Å². The first-order chi connectivity index (χ1) is 14.6. The van der Waals surface area contributed by atoms with E-state index < -0.39 is 0 Å². The van der Waals surface area contributed by atoms with Crippen LogP contribution in [0.15, 0.2) is 79.5 Å². The molecule has 7 heteroatoms. The molecule has 1 fully saturated rings. The molecule has 3 aromatic rings. The van der Waals surface area contributed by atoms with Gasteiger partial charge in [-0.3, -0.25) is 9.69 Å². The number of aliphatic imine (C=N–C) groups is 1. The smallest absolute Gasteiger partial charge is 0.266 e. The van der Waals surface area contributed by atoms with Gasteiger partial charge >= 0.3 is 0 Å². The summed E-state index contributed by atoms with van der Waals surface area (Å²) in [5.74, 6) is 2.08. The maximum atomic E-state index is 12.8. The number of carbonyl (C=O) groups excluding carboxylic acids is 1. The average molecular weight is 483 g/mol. The van der Waals surface area contributed by atoms with Gasteiger partial charge in [0.15, 0.2) is 5.17 Å². The Morgan fingerprint density at radius 3 is 2.50 bits per heavy atom. The molecule has 0 unspecified atom stereocenters. The Bertz CT molecular complexity index is 1120. The zero-order chi connectivity index (χ0) is 21.1. The summed E-state index contributed by atoms with van der Waals surface area (Å²) < 4.78 is 12.1. The molecule has 4 rings (SSSR count). The predicted octanol–water partition coefficient (Wildman–Crippen LogP) is 6.34. The van der Waals surface area contributed by atoms with E-state index in [0.29, 0.717) is 22.4 Å². The highest BCUT2D eigenvalue weighted by Crippen LogP contribution is 2.35. The van der Waals surface area contributed by atoms with Crippen molar-refractivity contribution in [2.24, 2.45) is 4.99 Å². The second-order valence-corrected chi connectivity index (χ2v) is 8.39. The number of ether oxygens (including phenoxy) is 1. The van der Waals surface area contributed by atoms with E-state index >= 15 is 0 Å². The molecule has 0 N–H and O–H groups in total. The van der Waals surface area contributed by atoms with Crippen molar-refractivity contribution >= 4 is 50.5 Å². The van der Waals surface area contributed by atoms with Crippen LogP contribution in [0.25, 0.3) is 17.4 Å². The molecule has 0 bridgehead atoms. The Morgan fingerprint density at radius 2 is 1.83 bits per heavy atom. The molecule has 2 aromatic carbocycles. The number of benzene rings is 2. The molecular weight excluding hydrogens is 464 g/mol. The predicted molar refractivity (Wildman–Crippen MR) is 125 cm³/mol. The summed E-state index contributed by atoms with van der Waals surface area (Å²) in [6.07, 6.45) is 1.77. The normalized spacial score (nSPS) is 16.6. The molecular formula is C23H19BrN2O3S. The fourth-order valence-electron chi connectivity index (χ4n) is 2.97. The van der Waals surface area contributed by atoms with Crippen LogP contribution < -0.4 is 4.74 Å². The van der Waals surface area contributed by atoms with E-state index in [9.17, 15) is 4.79 Å². The third-order valence-electron chi connectivity index (χ3n) is 4.53. The van der Waals surface area contributed by atoms with Crippen LogP contribution in [0.3, 0.4) is 0 Å². The molecule has 5 nitrogen and oxygen atoms in total. The van der Waals surface area contributed by atoms with Gasteiger partial charge in [-0.05, 0) is 67.2 Å². The van der Waals surface area contributed by atoms with Crippen molar-refractivity contribution in [2.45, 2.75) is 6.92 Å². The number of nitrogens with zero attached hydrogens (tertiary/aromatic N) is 2. The molecule has 152 valence electrons. The third-order valence-corrected chi connectivity index (χ3v) is 6.07. The lowest BCUT2D eigenvalue weighted by Gasteiger charge is -2.12. The second-order valence-electron chi connectivity index (χ2n) is 6.46. The Hall–Kier alpha value is -2.77. The van der Waals surface area contributed by atoms with E-state index in [2.05, 4.69) is 20.9 Å². The van der Waals surface area contributed by atoms with Gasteiger partial charge in [-0.25, -0.2) is 4.99 Å². The van der Waals surface area contributed by atoms with Gasteiger partial charge in [0.1, 0.15) is 17.3 Å². The van der Waals surface area contributed by atoms with E-state index in [-0.39, 0.29) is 5.91 Å². The molecule has 1 saturated heterocycles. The van der Waals surface area contributed by atoms with Crippen molar-refractivity contribution in [3.05, 3.63) is 75.8 Å². The van der Waals surface area contributed by atoms with Gasteiger partial charge in [-0.15, -0.1) is 0 Å². The molecule has 30 heavy (non-hydrogen) atoms. The van der Waals surface area contributed by atoms with Crippen molar-refractivity contribution < 1.29 is 13.9 Å². The molecule has 0 saturated carbocycles. The quantitative estimate of drug-likeness (QED) is 0.398. The van der Waals surface area contributed by atoms with Crippen molar-refractivity contribution in [1.82, 2.24) is 4.90 Å². The lowest BCUT2D eigenvalue weighted by Crippen LogP contribution is -2.28. The average Bonchev–Trinajstić information content (AvgIpc) is 3.34. The van der Waals surface area contributed by atoms with E-state index in [4.69, 9.17) is 9.15 Å². The molecule has 0 aliphatic carbocycles. The monoisotopic (exact) mass is 482 g/mol. The highest BCUT2D eigenvalue weighted by molar-refractivity contribution is 9.10. The molecule has 0 spiro atoms. The van der Waals surface area contributed by atoms with Gasteiger partial charge in [0.2, 0.25) is 0 Å². The Balaban J connectivity index is 1.58. The number of hydrogen-bond donors (Lipinski definition) is 0.